The number of carbonyl (C=O) groups excluding carboxylic acids is 1. The van der Waals surface area contributed by atoms with E-state index in [2.05, 4.69) is 10.3 Å². The number of aromatic nitrogens is 3. The van der Waals surface area contributed by atoms with E-state index < -0.39 is 41.2 Å². The van der Waals surface area contributed by atoms with Gasteiger partial charge in [0.15, 0.2) is 17.1 Å². The Morgan fingerprint density at radius 1 is 1.26 bits per heavy atom. The van der Waals surface area contributed by atoms with Crippen LogP contribution in [-0.2, 0) is 24.6 Å². The number of ether oxygens (including phenoxy) is 2. The lowest BCUT2D eigenvalue weighted by atomic mass is 10.1. The minimum Gasteiger partial charge on any atom is -0.454 e. The molecule has 11 heteroatoms. The molecule has 1 aliphatic rings. The number of nitrogens with zero attached hydrogens (tertiary/aromatic N) is 3. The van der Waals surface area contributed by atoms with Crippen molar-refractivity contribution in [2.24, 2.45) is 7.05 Å². The molecular weight excluding hydrogens is 417 g/mol. The van der Waals surface area contributed by atoms with Crippen LogP contribution in [0.1, 0.15) is 29.8 Å². The van der Waals surface area contributed by atoms with Gasteiger partial charge in [-0.15, -0.1) is 0 Å². The summed E-state index contributed by atoms with van der Waals surface area (Å²) >= 11 is 0. The number of amides is 1. The molecule has 31 heavy (non-hydrogen) atoms. The molecule has 0 bridgehead atoms. The smallest absolute Gasteiger partial charge is 0.417 e. The first-order chi connectivity index (χ1) is 14.6. The molecule has 4 rings (SSSR count). The average molecular weight is 436 g/mol. The number of halogens is 3. The first-order valence-corrected chi connectivity index (χ1v) is 9.39. The fourth-order valence-corrected chi connectivity index (χ4v) is 3.57. The Labute approximate surface area is 174 Å². The quantitative estimate of drug-likeness (QED) is 0.680. The predicted octanol–water partition coefficient (Wildman–Crippen LogP) is 2.67. The van der Waals surface area contributed by atoms with Gasteiger partial charge in [0.25, 0.3) is 5.56 Å². The number of rotatable bonds is 4. The zero-order valence-corrected chi connectivity index (χ0v) is 16.9. The molecule has 1 amide bonds. The van der Waals surface area contributed by atoms with Crippen molar-refractivity contribution in [2.75, 3.05) is 6.79 Å². The zero-order valence-electron chi connectivity index (χ0n) is 16.9. The molecule has 3 heterocycles. The number of benzene rings is 1. The Morgan fingerprint density at radius 3 is 2.68 bits per heavy atom. The van der Waals surface area contributed by atoms with Crippen LogP contribution in [0.4, 0.5) is 13.2 Å². The lowest BCUT2D eigenvalue weighted by Crippen LogP contribution is -2.35. The first kappa shape index (κ1) is 20.8. The third-order valence-electron chi connectivity index (χ3n) is 5.12. The maximum absolute atomic E-state index is 13.5. The standard InChI is InChI=1S/C20H19F3N4O4/c1-10-6-13(20(21,22)23)17-18(24-10)26(3)27(19(17)29)8-16(28)25-11(2)12-4-5-14-15(7-12)31-9-30-14/h4-7,11H,8-9H2,1-3H3,(H,25,28). The van der Waals surface area contributed by atoms with E-state index in [4.69, 9.17) is 9.47 Å². The second-order valence-electron chi connectivity index (χ2n) is 7.30. The number of hydrogen-bond donors (Lipinski definition) is 1. The van der Waals surface area contributed by atoms with Gasteiger partial charge >= 0.3 is 6.18 Å². The van der Waals surface area contributed by atoms with E-state index >= 15 is 0 Å². The molecule has 0 spiro atoms. The van der Waals surface area contributed by atoms with E-state index in [-0.39, 0.29) is 18.1 Å². The predicted molar refractivity (Wildman–Crippen MR) is 104 cm³/mol. The van der Waals surface area contributed by atoms with Gasteiger partial charge in [-0.05, 0) is 37.6 Å². The normalized spacial score (nSPS) is 14.1. The second kappa shape index (κ2) is 7.33. The van der Waals surface area contributed by atoms with Gasteiger partial charge in [-0.1, -0.05) is 6.07 Å². The van der Waals surface area contributed by atoms with Crippen LogP contribution < -0.4 is 20.3 Å². The molecule has 1 unspecified atom stereocenters. The van der Waals surface area contributed by atoms with E-state index in [1.807, 2.05) is 0 Å². The van der Waals surface area contributed by atoms with E-state index in [1.165, 1.54) is 18.7 Å². The van der Waals surface area contributed by atoms with Gasteiger partial charge in [0.2, 0.25) is 12.7 Å². The lowest BCUT2D eigenvalue weighted by Gasteiger charge is -2.15. The maximum Gasteiger partial charge on any atom is 0.417 e. The molecule has 0 aliphatic carbocycles. The SMILES string of the molecule is Cc1cc(C(F)(F)F)c2c(=O)n(CC(=O)NC(C)c3ccc4c(c3)OCO4)n(C)c2n1. The summed E-state index contributed by atoms with van der Waals surface area (Å²) in [6, 6.07) is 5.62. The van der Waals surface area contributed by atoms with Crippen molar-refractivity contribution in [3.63, 3.8) is 0 Å². The summed E-state index contributed by atoms with van der Waals surface area (Å²) in [6.07, 6.45) is -4.72. The number of fused-ring (bicyclic) bond motifs is 2. The van der Waals surface area contributed by atoms with Crippen LogP contribution in [0.2, 0.25) is 0 Å². The minimum atomic E-state index is -4.72. The van der Waals surface area contributed by atoms with Crippen LogP contribution in [0.5, 0.6) is 11.5 Å². The van der Waals surface area contributed by atoms with Crippen LogP contribution in [0.25, 0.3) is 11.0 Å². The fraction of sp³-hybridized carbons (Fsp3) is 0.350. The first-order valence-electron chi connectivity index (χ1n) is 9.39. The van der Waals surface area contributed by atoms with Crippen LogP contribution in [0.3, 0.4) is 0 Å². The van der Waals surface area contributed by atoms with Gasteiger partial charge in [-0.3, -0.25) is 14.3 Å². The summed E-state index contributed by atoms with van der Waals surface area (Å²) in [5.74, 6) is 0.626. The van der Waals surface area contributed by atoms with Crippen LogP contribution >= 0.6 is 0 Å². The molecule has 1 atom stereocenters. The Kier molecular flexibility index (Phi) is 4.91. The van der Waals surface area contributed by atoms with Crippen molar-refractivity contribution in [3.8, 4) is 11.5 Å². The summed E-state index contributed by atoms with van der Waals surface area (Å²) in [7, 11) is 1.39. The molecule has 1 aromatic carbocycles. The fourth-order valence-electron chi connectivity index (χ4n) is 3.57. The molecular formula is C20H19F3N4O4. The molecule has 0 saturated carbocycles. The average Bonchev–Trinajstić information content (AvgIpc) is 3.25. The number of nitrogens with one attached hydrogen (secondary N) is 1. The topological polar surface area (TPSA) is 87.4 Å². The van der Waals surface area contributed by atoms with E-state index in [0.717, 1.165) is 16.3 Å². The second-order valence-corrected chi connectivity index (χ2v) is 7.30. The van der Waals surface area contributed by atoms with Crippen molar-refractivity contribution in [1.82, 2.24) is 19.7 Å². The molecule has 0 radical (unpaired) electrons. The summed E-state index contributed by atoms with van der Waals surface area (Å²) in [4.78, 5) is 29.4. The van der Waals surface area contributed by atoms with Crippen molar-refractivity contribution in [2.45, 2.75) is 32.6 Å². The Balaban J connectivity index is 1.61. The van der Waals surface area contributed by atoms with Crippen molar-refractivity contribution in [3.05, 3.63) is 51.4 Å². The van der Waals surface area contributed by atoms with Crippen LogP contribution in [0.15, 0.2) is 29.1 Å². The number of carbonyl (C=O) groups is 1. The molecule has 1 N–H and O–H groups in total. The molecule has 0 fully saturated rings. The third-order valence-corrected chi connectivity index (χ3v) is 5.12. The van der Waals surface area contributed by atoms with Crippen LogP contribution in [0, 0.1) is 6.92 Å². The molecule has 0 saturated heterocycles. The van der Waals surface area contributed by atoms with Gasteiger partial charge in [-0.25, -0.2) is 9.67 Å². The zero-order chi connectivity index (χ0) is 22.5. The number of pyridine rings is 1. The Hall–Kier alpha value is -3.50. The minimum absolute atomic E-state index is 0.119. The van der Waals surface area contributed by atoms with Gasteiger partial charge in [0.1, 0.15) is 6.54 Å². The molecule has 2 aromatic heterocycles. The highest BCUT2D eigenvalue weighted by Crippen LogP contribution is 2.35. The summed E-state index contributed by atoms with van der Waals surface area (Å²) in [5.41, 5.74) is -1.26. The monoisotopic (exact) mass is 436 g/mol. The highest BCUT2D eigenvalue weighted by Gasteiger charge is 2.36. The van der Waals surface area contributed by atoms with Crippen LogP contribution in [-0.4, -0.2) is 27.0 Å². The van der Waals surface area contributed by atoms with Crippen molar-refractivity contribution < 1.29 is 27.4 Å². The molecule has 1 aliphatic heterocycles. The summed E-state index contributed by atoms with van der Waals surface area (Å²) in [5, 5.41) is 2.18. The third kappa shape index (κ3) is 3.71. The van der Waals surface area contributed by atoms with E-state index in [9.17, 15) is 22.8 Å². The number of hydrogen-bond acceptors (Lipinski definition) is 5. The highest BCUT2D eigenvalue weighted by molar-refractivity contribution is 5.81. The van der Waals surface area contributed by atoms with Gasteiger partial charge in [-0.2, -0.15) is 13.2 Å². The molecule has 3 aromatic rings. The highest BCUT2D eigenvalue weighted by atomic mass is 19.4. The molecule has 8 nitrogen and oxygen atoms in total. The van der Waals surface area contributed by atoms with E-state index in [1.54, 1.807) is 25.1 Å². The van der Waals surface area contributed by atoms with Crippen molar-refractivity contribution >= 4 is 16.9 Å². The van der Waals surface area contributed by atoms with Crippen molar-refractivity contribution in [1.29, 1.82) is 0 Å². The van der Waals surface area contributed by atoms with Gasteiger partial charge in [0.05, 0.1) is 17.0 Å². The van der Waals surface area contributed by atoms with Gasteiger partial charge < -0.3 is 14.8 Å². The van der Waals surface area contributed by atoms with E-state index in [0.29, 0.717) is 11.5 Å². The Bertz CT molecular complexity index is 1250. The largest absolute Gasteiger partial charge is 0.454 e. The summed E-state index contributed by atoms with van der Waals surface area (Å²) in [6.45, 7) is 2.82. The van der Waals surface area contributed by atoms with Gasteiger partial charge in [0, 0.05) is 12.7 Å². The number of aryl methyl sites for hydroxylation is 2. The maximum atomic E-state index is 13.5. The Morgan fingerprint density at radius 2 is 1.97 bits per heavy atom. The lowest BCUT2D eigenvalue weighted by molar-refractivity contribution is -0.136. The summed E-state index contributed by atoms with van der Waals surface area (Å²) < 4.78 is 53.0. The molecule has 164 valence electrons. The number of alkyl halides is 3.